The molecular formula is C26H48N6O2+2. The van der Waals surface area contributed by atoms with Crippen molar-refractivity contribution < 1.29 is 19.8 Å². The predicted octanol–water partition coefficient (Wildman–Crippen LogP) is -1.32. The minimum Gasteiger partial charge on any atom is -0.345 e. The predicted molar refractivity (Wildman–Crippen MR) is 131 cm³/mol. The second-order valence-corrected chi connectivity index (χ2v) is 11.7. The lowest BCUT2D eigenvalue weighted by atomic mass is 9.89. The van der Waals surface area contributed by atoms with Crippen molar-refractivity contribution in [2.75, 3.05) is 52.4 Å². The summed E-state index contributed by atoms with van der Waals surface area (Å²) < 4.78 is 0. The Kier molecular flexibility index (Phi) is 8.40. The molecule has 1 saturated carbocycles. The molecule has 0 aromatic heterocycles. The van der Waals surface area contributed by atoms with Gasteiger partial charge in [0.25, 0.3) is 5.91 Å². The third kappa shape index (κ3) is 5.94. The smallest absolute Gasteiger partial charge is 0.278 e. The number of fused-ring (bicyclic) bond motifs is 1. The molecule has 8 heteroatoms. The van der Waals surface area contributed by atoms with Crippen LogP contribution in [-0.2, 0) is 9.59 Å². The minimum atomic E-state index is 0.0630. The van der Waals surface area contributed by atoms with Crippen LogP contribution in [0.1, 0.15) is 70.6 Å². The quantitative estimate of drug-likeness (QED) is 0.367. The molecule has 0 radical (unpaired) electrons. The van der Waals surface area contributed by atoms with Gasteiger partial charge in [-0.1, -0.05) is 19.3 Å². The molecule has 0 aromatic carbocycles. The lowest BCUT2D eigenvalue weighted by molar-refractivity contribution is -0.930. The standard InChI is InChI=1S/C26H46N6O2/c33-25(31-14-12-30(13-15-31)24-8-4-5-11-27-24)10-9-22-18-29-26(34)23-16-21(19-32(22)23)28-17-20-6-2-1-3-7-20/h20-24,27-28H,1-19H2,(H,29,34)/p+2. The summed E-state index contributed by atoms with van der Waals surface area (Å²) in [7, 11) is 0. The van der Waals surface area contributed by atoms with Crippen LogP contribution in [0.3, 0.4) is 0 Å². The summed E-state index contributed by atoms with van der Waals surface area (Å²) in [4.78, 5) is 31.7. The summed E-state index contributed by atoms with van der Waals surface area (Å²) in [6.45, 7) is 7.88. The van der Waals surface area contributed by atoms with Crippen molar-refractivity contribution in [1.82, 2.24) is 20.4 Å². The molecule has 0 spiro atoms. The van der Waals surface area contributed by atoms with Gasteiger partial charge in [-0.2, -0.15) is 0 Å². The molecule has 0 aromatic rings. The fourth-order valence-corrected chi connectivity index (χ4v) is 7.33. The van der Waals surface area contributed by atoms with Crippen molar-refractivity contribution in [2.24, 2.45) is 5.92 Å². The highest BCUT2D eigenvalue weighted by atomic mass is 16.2. The molecule has 8 nitrogen and oxygen atoms in total. The Labute approximate surface area is 205 Å². The zero-order valence-electron chi connectivity index (χ0n) is 21.1. The second kappa shape index (κ2) is 11.7. The summed E-state index contributed by atoms with van der Waals surface area (Å²) in [5, 5.41) is 9.46. The first kappa shape index (κ1) is 24.5. The van der Waals surface area contributed by atoms with Gasteiger partial charge < -0.3 is 25.8 Å². The average Bonchev–Trinajstić information content (AvgIpc) is 3.34. The zero-order chi connectivity index (χ0) is 23.3. The summed E-state index contributed by atoms with van der Waals surface area (Å²) >= 11 is 0. The molecule has 5 rings (SSSR count). The van der Waals surface area contributed by atoms with Crippen molar-refractivity contribution in [2.45, 2.75) is 94.9 Å². The largest absolute Gasteiger partial charge is 0.345 e. The van der Waals surface area contributed by atoms with E-state index in [1.54, 1.807) is 0 Å². The second-order valence-electron chi connectivity index (χ2n) is 11.7. The van der Waals surface area contributed by atoms with Crippen LogP contribution in [0.25, 0.3) is 0 Å². The van der Waals surface area contributed by atoms with E-state index in [0.29, 0.717) is 30.6 Å². The van der Waals surface area contributed by atoms with E-state index in [0.717, 1.165) is 64.6 Å². The summed E-state index contributed by atoms with van der Waals surface area (Å²) in [6, 6.07) is 0.868. The Hall–Kier alpha value is -1.22. The SMILES string of the molecule is O=C1NCC(CCC(=O)N2CCN(C3CCCC[NH2+]3)CC2)[NH+]2CC(NCC3CCCCC3)CC12. The third-order valence-electron chi connectivity index (χ3n) is 9.47. The van der Waals surface area contributed by atoms with Crippen LogP contribution < -0.4 is 20.9 Å². The first-order chi connectivity index (χ1) is 16.7. The van der Waals surface area contributed by atoms with Gasteiger partial charge in [-0.3, -0.25) is 14.5 Å². The molecule has 4 heterocycles. The number of carbonyl (C=O) groups excluding carboxylic acids is 2. The van der Waals surface area contributed by atoms with Gasteiger partial charge in [-0.15, -0.1) is 0 Å². The zero-order valence-corrected chi connectivity index (χ0v) is 21.1. The van der Waals surface area contributed by atoms with Gasteiger partial charge in [0, 0.05) is 51.9 Å². The van der Waals surface area contributed by atoms with Gasteiger partial charge in [0.05, 0.1) is 25.7 Å². The summed E-state index contributed by atoms with van der Waals surface area (Å²) in [5.74, 6) is 1.35. The van der Waals surface area contributed by atoms with Crippen molar-refractivity contribution >= 4 is 11.8 Å². The van der Waals surface area contributed by atoms with Gasteiger partial charge in [0.1, 0.15) is 12.2 Å². The molecule has 5 unspecified atom stereocenters. The van der Waals surface area contributed by atoms with Crippen LogP contribution in [0.2, 0.25) is 0 Å². The van der Waals surface area contributed by atoms with Gasteiger partial charge in [0.15, 0.2) is 6.04 Å². The van der Waals surface area contributed by atoms with Gasteiger partial charge in [-0.05, 0) is 38.1 Å². The number of nitrogens with one attached hydrogen (secondary N) is 3. The summed E-state index contributed by atoms with van der Waals surface area (Å²) in [5.41, 5.74) is 0. The number of piperidine rings is 1. The number of nitrogens with two attached hydrogens (primary N) is 1. The van der Waals surface area contributed by atoms with E-state index < -0.39 is 0 Å². The molecule has 4 aliphatic heterocycles. The van der Waals surface area contributed by atoms with E-state index >= 15 is 0 Å². The summed E-state index contributed by atoms with van der Waals surface area (Å²) in [6.07, 6.45) is 13.9. The van der Waals surface area contributed by atoms with E-state index in [-0.39, 0.29) is 11.9 Å². The number of carbonyl (C=O) groups is 2. The maximum atomic E-state index is 13.0. The number of rotatable bonds is 7. The molecule has 192 valence electrons. The van der Waals surface area contributed by atoms with E-state index in [1.807, 2.05) is 0 Å². The van der Waals surface area contributed by atoms with Gasteiger partial charge in [0.2, 0.25) is 5.91 Å². The van der Waals surface area contributed by atoms with Crippen LogP contribution >= 0.6 is 0 Å². The molecule has 5 N–H and O–H groups in total. The average molecular weight is 477 g/mol. The maximum Gasteiger partial charge on any atom is 0.278 e. The Balaban J connectivity index is 1.06. The fourth-order valence-electron chi connectivity index (χ4n) is 7.33. The number of nitrogens with zero attached hydrogens (tertiary/aromatic N) is 2. The number of hydrogen-bond donors (Lipinski definition) is 4. The Morgan fingerprint density at radius 1 is 1.06 bits per heavy atom. The highest BCUT2D eigenvalue weighted by Crippen LogP contribution is 2.23. The van der Waals surface area contributed by atoms with E-state index in [4.69, 9.17) is 0 Å². The molecule has 2 amide bonds. The monoisotopic (exact) mass is 476 g/mol. The number of quaternary nitrogens is 2. The van der Waals surface area contributed by atoms with Crippen molar-refractivity contribution in [1.29, 1.82) is 0 Å². The molecule has 34 heavy (non-hydrogen) atoms. The topological polar surface area (TPSA) is 85.7 Å². The van der Waals surface area contributed by atoms with Crippen LogP contribution in [0, 0.1) is 5.92 Å². The normalized spacial score (nSPS) is 35.7. The Morgan fingerprint density at radius 3 is 2.62 bits per heavy atom. The first-order valence-electron chi connectivity index (χ1n) is 14.4. The molecule has 0 bridgehead atoms. The lowest BCUT2D eigenvalue weighted by Gasteiger charge is -2.39. The molecule has 5 fully saturated rings. The first-order valence-corrected chi connectivity index (χ1v) is 14.4. The van der Waals surface area contributed by atoms with E-state index in [1.165, 1.54) is 62.8 Å². The van der Waals surface area contributed by atoms with E-state index in [2.05, 4.69) is 25.8 Å². The Bertz CT molecular complexity index is 685. The molecular weight excluding hydrogens is 428 g/mol. The van der Waals surface area contributed by atoms with Crippen LogP contribution in [0.4, 0.5) is 0 Å². The van der Waals surface area contributed by atoms with Crippen molar-refractivity contribution in [3.05, 3.63) is 0 Å². The molecule has 1 aliphatic carbocycles. The molecule has 5 aliphatic rings. The Morgan fingerprint density at radius 2 is 1.85 bits per heavy atom. The number of amides is 2. The number of hydrogen-bond acceptors (Lipinski definition) is 4. The molecule has 4 saturated heterocycles. The molecule has 5 atom stereocenters. The van der Waals surface area contributed by atoms with Crippen LogP contribution in [0.15, 0.2) is 0 Å². The van der Waals surface area contributed by atoms with Gasteiger partial charge >= 0.3 is 0 Å². The van der Waals surface area contributed by atoms with Crippen molar-refractivity contribution in [3.8, 4) is 0 Å². The van der Waals surface area contributed by atoms with Crippen molar-refractivity contribution in [3.63, 3.8) is 0 Å². The van der Waals surface area contributed by atoms with E-state index in [9.17, 15) is 9.59 Å². The lowest BCUT2D eigenvalue weighted by Crippen LogP contribution is -3.21. The van der Waals surface area contributed by atoms with Crippen LogP contribution in [-0.4, -0.2) is 98.3 Å². The highest BCUT2D eigenvalue weighted by Gasteiger charge is 2.47. The minimum absolute atomic E-state index is 0.0630. The maximum absolute atomic E-state index is 13.0. The highest BCUT2D eigenvalue weighted by molar-refractivity contribution is 5.81. The fraction of sp³-hybridized carbons (Fsp3) is 0.923. The number of piperazine rings is 2. The third-order valence-corrected chi connectivity index (χ3v) is 9.47. The van der Waals surface area contributed by atoms with Gasteiger partial charge in [-0.25, -0.2) is 0 Å². The van der Waals surface area contributed by atoms with Crippen LogP contribution in [0.5, 0.6) is 0 Å².